The van der Waals surface area contributed by atoms with Crippen molar-refractivity contribution in [2.24, 2.45) is 0 Å². The van der Waals surface area contributed by atoms with E-state index in [1.165, 1.54) is 21.7 Å². The molecular weight excluding hydrogens is 675 g/mol. The summed E-state index contributed by atoms with van der Waals surface area (Å²) in [6.07, 6.45) is 5.56. The molecule has 0 aliphatic carbocycles. The molecule has 2 aromatic carbocycles. The van der Waals surface area contributed by atoms with Gasteiger partial charge >= 0.3 is 0 Å². The van der Waals surface area contributed by atoms with Gasteiger partial charge in [-0.3, -0.25) is 0 Å². The predicted octanol–water partition coefficient (Wildman–Crippen LogP) is 7.86. The normalized spacial score (nSPS) is 11.1. The Labute approximate surface area is 244 Å². The third-order valence-corrected chi connectivity index (χ3v) is 8.67. The molecule has 0 fully saturated rings. The van der Waals surface area contributed by atoms with E-state index < -0.39 is 8.07 Å². The van der Waals surface area contributed by atoms with Gasteiger partial charge in [-0.2, -0.15) is 0 Å². The number of furan rings is 1. The van der Waals surface area contributed by atoms with Gasteiger partial charge in [-0.15, -0.1) is 53.2 Å². The zero-order valence-corrected chi connectivity index (χ0v) is 26.5. The maximum Gasteiger partial charge on any atom is 0.216 e. The zero-order valence-electron chi connectivity index (χ0n) is 23.1. The molecule has 4 aromatic heterocycles. The van der Waals surface area contributed by atoms with Crippen LogP contribution in [0.15, 0.2) is 83.7 Å². The summed E-state index contributed by atoms with van der Waals surface area (Å²) in [6, 6.07) is 26.9. The first-order valence-corrected chi connectivity index (χ1v) is 16.3. The van der Waals surface area contributed by atoms with Crippen LogP contribution in [0.4, 0.5) is 0 Å². The van der Waals surface area contributed by atoms with E-state index in [4.69, 9.17) is 4.42 Å². The van der Waals surface area contributed by atoms with Gasteiger partial charge in [0, 0.05) is 52.2 Å². The summed E-state index contributed by atoms with van der Waals surface area (Å²) in [7, 11) is -1.55. The van der Waals surface area contributed by atoms with Gasteiger partial charge in [-0.05, 0) is 55.4 Å². The molecule has 199 valence electrons. The van der Waals surface area contributed by atoms with E-state index in [2.05, 4.69) is 84.8 Å². The average molecular weight is 706 g/mol. The van der Waals surface area contributed by atoms with Gasteiger partial charge in [0.15, 0.2) is 0 Å². The molecule has 0 spiro atoms. The van der Waals surface area contributed by atoms with Crippen molar-refractivity contribution >= 4 is 35.3 Å². The Balaban J connectivity index is 0.000000202. The first kappa shape index (κ1) is 28.6. The van der Waals surface area contributed by atoms with Gasteiger partial charge in [0.1, 0.15) is 0 Å². The van der Waals surface area contributed by atoms with Gasteiger partial charge in [-0.25, -0.2) is 4.98 Å². The fourth-order valence-corrected chi connectivity index (χ4v) is 5.88. The molecule has 6 heteroatoms. The van der Waals surface area contributed by atoms with Crippen LogP contribution in [0.1, 0.15) is 16.7 Å². The second-order valence-electron chi connectivity index (χ2n) is 10.6. The topological polar surface area (TPSA) is 51.8 Å². The van der Waals surface area contributed by atoms with E-state index in [0.29, 0.717) is 5.71 Å². The van der Waals surface area contributed by atoms with Gasteiger partial charge in [0.2, 0.25) is 5.71 Å². The number of nitrogens with zero attached hydrogens (tertiary/aromatic N) is 3. The SMILES string of the molecule is Cc1ccc(-c2[c-]cc([Si](C)(C)C)c3c2oc2ncccc23)nc1.Cc1cnc(-c2[c-]cccc2)cc1C.[Ir]. The molecular formula is C33H31IrN3OSi-2. The van der Waals surface area contributed by atoms with Gasteiger partial charge in [-0.1, -0.05) is 54.4 Å². The van der Waals surface area contributed by atoms with Crippen LogP contribution in [0.3, 0.4) is 0 Å². The Kier molecular flexibility index (Phi) is 8.60. The van der Waals surface area contributed by atoms with E-state index >= 15 is 0 Å². The number of aryl methyl sites for hydroxylation is 3. The molecule has 0 bridgehead atoms. The molecule has 0 saturated carbocycles. The van der Waals surface area contributed by atoms with Crippen LogP contribution in [-0.2, 0) is 20.1 Å². The Bertz CT molecular complexity index is 1720. The van der Waals surface area contributed by atoms with Gasteiger partial charge in [0.25, 0.3) is 0 Å². The first-order chi connectivity index (χ1) is 18.2. The number of hydrogen-bond donors (Lipinski definition) is 0. The minimum atomic E-state index is -1.55. The van der Waals surface area contributed by atoms with E-state index in [0.717, 1.165) is 39.0 Å². The second kappa shape index (κ2) is 11.7. The maximum absolute atomic E-state index is 6.14. The molecule has 0 unspecified atom stereocenters. The standard InChI is InChI=1S/C20H19N2OSi.C13H12N.Ir/c1-13-7-9-16(22-12-13)14-8-10-17(24(2,3)4)18-15-6-5-11-21-20(15)23-19(14)18;1-10-8-13(14-9-11(10)2)12-6-4-3-5-7-12;/h5-7,9-12H,1-4H3;3-6,8-9H,1-2H3;/q2*-1;. The molecule has 6 rings (SSSR count). The van der Waals surface area contributed by atoms with Crippen molar-refractivity contribution in [1.82, 2.24) is 15.0 Å². The summed E-state index contributed by atoms with van der Waals surface area (Å²) in [4.78, 5) is 13.3. The number of benzene rings is 2. The summed E-state index contributed by atoms with van der Waals surface area (Å²) in [5, 5.41) is 3.60. The largest absolute Gasteiger partial charge is 0.486 e. The first-order valence-electron chi connectivity index (χ1n) is 12.8. The van der Waals surface area contributed by atoms with E-state index in [9.17, 15) is 0 Å². The third-order valence-electron chi connectivity index (χ3n) is 6.66. The van der Waals surface area contributed by atoms with Crippen LogP contribution in [0.5, 0.6) is 0 Å². The minimum absolute atomic E-state index is 0. The Morgan fingerprint density at radius 3 is 2.26 bits per heavy atom. The minimum Gasteiger partial charge on any atom is -0.486 e. The fraction of sp³-hybridized carbons (Fsp3) is 0.182. The zero-order chi connectivity index (χ0) is 26.9. The predicted molar refractivity (Wildman–Crippen MR) is 159 cm³/mol. The van der Waals surface area contributed by atoms with Crippen LogP contribution >= 0.6 is 0 Å². The molecule has 0 atom stereocenters. The average Bonchev–Trinajstić information content (AvgIpc) is 3.30. The van der Waals surface area contributed by atoms with Crippen molar-refractivity contribution in [1.29, 1.82) is 0 Å². The molecule has 0 saturated heterocycles. The van der Waals surface area contributed by atoms with Crippen molar-refractivity contribution in [3.05, 3.63) is 108 Å². The van der Waals surface area contributed by atoms with Crippen molar-refractivity contribution in [3.63, 3.8) is 0 Å². The Hall–Kier alpha value is -3.44. The van der Waals surface area contributed by atoms with Crippen molar-refractivity contribution < 1.29 is 24.5 Å². The molecule has 1 radical (unpaired) electrons. The van der Waals surface area contributed by atoms with Crippen LogP contribution in [0.25, 0.3) is 44.6 Å². The van der Waals surface area contributed by atoms with E-state index in [-0.39, 0.29) is 20.1 Å². The number of fused-ring (bicyclic) bond motifs is 3. The van der Waals surface area contributed by atoms with Gasteiger partial charge in [0.05, 0.1) is 5.58 Å². The van der Waals surface area contributed by atoms with E-state index in [1.807, 2.05) is 55.7 Å². The summed E-state index contributed by atoms with van der Waals surface area (Å²) < 4.78 is 6.14. The third kappa shape index (κ3) is 6.09. The van der Waals surface area contributed by atoms with Crippen molar-refractivity contribution in [3.8, 4) is 22.5 Å². The molecule has 0 amide bonds. The van der Waals surface area contributed by atoms with Crippen molar-refractivity contribution in [2.75, 3.05) is 0 Å². The second-order valence-corrected chi connectivity index (χ2v) is 15.7. The molecule has 39 heavy (non-hydrogen) atoms. The maximum atomic E-state index is 6.14. The number of hydrogen-bond acceptors (Lipinski definition) is 4. The van der Waals surface area contributed by atoms with Crippen LogP contribution in [-0.4, -0.2) is 23.0 Å². The Morgan fingerprint density at radius 1 is 0.795 bits per heavy atom. The molecule has 6 aromatic rings. The fourth-order valence-electron chi connectivity index (χ4n) is 4.38. The van der Waals surface area contributed by atoms with Crippen molar-refractivity contribution in [2.45, 2.75) is 40.4 Å². The van der Waals surface area contributed by atoms with Crippen LogP contribution in [0.2, 0.25) is 19.6 Å². The Morgan fingerprint density at radius 2 is 1.59 bits per heavy atom. The summed E-state index contributed by atoms with van der Waals surface area (Å²) in [6.45, 7) is 13.2. The molecule has 0 aliphatic heterocycles. The van der Waals surface area contributed by atoms with E-state index in [1.54, 1.807) is 6.20 Å². The molecule has 4 nitrogen and oxygen atoms in total. The van der Waals surface area contributed by atoms with Crippen LogP contribution < -0.4 is 5.19 Å². The summed E-state index contributed by atoms with van der Waals surface area (Å²) >= 11 is 0. The molecule has 0 aliphatic rings. The molecule has 4 heterocycles. The number of rotatable bonds is 3. The smallest absolute Gasteiger partial charge is 0.216 e. The number of aromatic nitrogens is 3. The molecule has 0 N–H and O–H groups in total. The monoisotopic (exact) mass is 706 g/mol. The number of pyridine rings is 3. The summed E-state index contributed by atoms with van der Waals surface area (Å²) in [5.41, 5.74) is 9.00. The summed E-state index contributed by atoms with van der Waals surface area (Å²) in [5.74, 6) is 0. The van der Waals surface area contributed by atoms with Gasteiger partial charge < -0.3 is 14.4 Å². The van der Waals surface area contributed by atoms with Crippen LogP contribution in [0, 0.1) is 32.9 Å². The quantitative estimate of drug-likeness (QED) is 0.139.